The summed E-state index contributed by atoms with van der Waals surface area (Å²) >= 11 is 0. The largest absolute Gasteiger partial charge is 0.372 e. The van der Waals surface area contributed by atoms with Gasteiger partial charge < -0.3 is 9.64 Å². The Bertz CT molecular complexity index is 847. The van der Waals surface area contributed by atoms with Crippen LogP contribution in [0.4, 0.5) is 0 Å². The highest BCUT2D eigenvalue weighted by Gasteiger charge is 2.22. The summed E-state index contributed by atoms with van der Waals surface area (Å²) in [6.07, 6.45) is 4.24. The summed E-state index contributed by atoms with van der Waals surface area (Å²) in [6, 6.07) is 17.6. The minimum absolute atomic E-state index is 0.0347. The van der Waals surface area contributed by atoms with E-state index in [-0.39, 0.29) is 12.0 Å². The Hall–Kier alpha value is -2.99. The first-order valence-electron chi connectivity index (χ1n) is 8.74. The van der Waals surface area contributed by atoms with Gasteiger partial charge in [0.05, 0.1) is 30.8 Å². The van der Waals surface area contributed by atoms with Crippen molar-refractivity contribution in [2.75, 3.05) is 19.7 Å². The fourth-order valence-corrected chi connectivity index (χ4v) is 3.19. The van der Waals surface area contributed by atoms with Gasteiger partial charge in [0.25, 0.3) is 5.91 Å². The number of ether oxygens (including phenoxy) is 1. The van der Waals surface area contributed by atoms with Crippen LogP contribution < -0.4 is 0 Å². The molecule has 1 aliphatic heterocycles. The minimum Gasteiger partial charge on any atom is -0.372 e. The minimum atomic E-state index is 0.0347. The van der Waals surface area contributed by atoms with E-state index in [0.717, 1.165) is 12.1 Å². The normalized spacial score (nSPS) is 17.7. The zero-order valence-corrected chi connectivity index (χ0v) is 14.4. The Morgan fingerprint density at radius 3 is 2.58 bits per heavy atom. The van der Waals surface area contributed by atoms with Crippen LogP contribution in [0.25, 0.3) is 5.69 Å². The number of carbonyl (C=O) groups excluding carboxylic acids is 1. The second-order valence-electron chi connectivity index (χ2n) is 6.25. The fourth-order valence-electron chi connectivity index (χ4n) is 3.19. The Labute approximate surface area is 152 Å². The van der Waals surface area contributed by atoms with E-state index in [9.17, 15) is 4.79 Å². The van der Waals surface area contributed by atoms with Crippen molar-refractivity contribution in [1.29, 1.82) is 0 Å². The highest BCUT2D eigenvalue weighted by molar-refractivity contribution is 5.94. The monoisotopic (exact) mass is 348 g/mol. The molecule has 132 valence electrons. The molecule has 0 radical (unpaired) electrons. The summed E-state index contributed by atoms with van der Waals surface area (Å²) in [5, 5.41) is 7.75. The third-order valence-electron chi connectivity index (χ3n) is 4.60. The van der Waals surface area contributed by atoms with Gasteiger partial charge in [0, 0.05) is 18.7 Å². The van der Waals surface area contributed by atoms with Crippen LogP contribution in [-0.2, 0) is 4.74 Å². The summed E-state index contributed by atoms with van der Waals surface area (Å²) in [6.45, 7) is 1.83. The maximum Gasteiger partial charge on any atom is 0.253 e. The van der Waals surface area contributed by atoms with Gasteiger partial charge in [0.1, 0.15) is 0 Å². The molecule has 0 spiro atoms. The molecule has 2 heterocycles. The van der Waals surface area contributed by atoms with Crippen molar-refractivity contribution < 1.29 is 9.53 Å². The Balaban J connectivity index is 1.43. The highest BCUT2D eigenvalue weighted by Crippen LogP contribution is 2.24. The summed E-state index contributed by atoms with van der Waals surface area (Å²) < 4.78 is 7.63. The van der Waals surface area contributed by atoms with E-state index >= 15 is 0 Å². The van der Waals surface area contributed by atoms with Crippen molar-refractivity contribution in [3.8, 4) is 5.69 Å². The van der Waals surface area contributed by atoms with Gasteiger partial charge in [-0.3, -0.25) is 4.79 Å². The maximum atomic E-state index is 12.8. The van der Waals surface area contributed by atoms with Gasteiger partial charge in [-0.1, -0.05) is 35.5 Å². The molecular formula is C20H20N4O2. The van der Waals surface area contributed by atoms with E-state index in [2.05, 4.69) is 22.4 Å². The number of aromatic nitrogens is 3. The zero-order chi connectivity index (χ0) is 17.8. The number of hydrogen-bond acceptors (Lipinski definition) is 4. The molecule has 3 aromatic rings. The highest BCUT2D eigenvalue weighted by atomic mass is 16.5. The van der Waals surface area contributed by atoms with Crippen molar-refractivity contribution >= 4 is 5.91 Å². The molecule has 26 heavy (non-hydrogen) atoms. The molecule has 4 rings (SSSR count). The first-order valence-corrected chi connectivity index (χ1v) is 8.74. The first kappa shape index (κ1) is 16.5. The molecule has 0 N–H and O–H groups in total. The average molecular weight is 348 g/mol. The topological polar surface area (TPSA) is 60.2 Å². The van der Waals surface area contributed by atoms with E-state index in [1.54, 1.807) is 17.1 Å². The number of carbonyl (C=O) groups is 1. The molecule has 1 saturated heterocycles. The Kier molecular flexibility index (Phi) is 4.75. The van der Waals surface area contributed by atoms with Gasteiger partial charge in [-0.05, 0) is 36.2 Å². The molecule has 1 unspecified atom stereocenters. The average Bonchev–Trinajstić information content (AvgIpc) is 3.13. The van der Waals surface area contributed by atoms with Crippen LogP contribution in [0.15, 0.2) is 67.0 Å². The zero-order valence-electron chi connectivity index (χ0n) is 14.4. The van der Waals surface area contributed by atoms with Crippen LogP contribution in [0.3, 0.4) is 0 Å². The SMILES string of the molecule is O=C(c1ccc(-n2ccnn2)cc1)N1CCOC(c2ccccc2)CC1. The van der Waals surface area contributed by atoms with Gasteiger partial charge >= 0.3 is 0 Å². The van der Waals surface area contributed by atoms with Gasteiger partial charge in [0.15, 0.2) is 0 Å². The second kappa shape index (κ2) is 7.49. The second-order valence-corrected chi connectivity index (χ2v) is 6.25. The molecule has 6 nitrogen and oxygen atoms in total. The van der Waals surface area contributed by atoms with Crippen LogP contribution in [-0.4, -0.2) is 45.5 Å². The van der Waals surface area contributed by atoms with Crippen LogP contribution >= 0.6 is 0 Å². The summed E-state index contributed by atoms with van der Waals surface area (Å²) in [7, 11) is 0. The molecule has 1 atom stereocenters. The van der Waals surface area contributed by atoms with Crippen molar-refractivity contribution in [3.63, 3.8) is 0 Å². The Morgan fingerprint density at radius 2 is 1.85 bits per heavy atom. The predicted molar refractivity (Wildman–Crippen MR) is 97.0 cm³/mol. The number of benzene rings is 2. The van der Waals surface area contributed by atoms with Crippen LogP contribution in [0, 0.1) is 0 Å². The third-order valence-corrected chi connectivity index (χ3v) is 4.60. The number of hydrogen-bond donors (Lipinski definition) is 0. The Morgan fingerprint density at radius 1 is 1.04 bits per heavy atom. The van der Waals surface area contributed by atoms with E-state index in [1.807, 2.05) is 47.4 Å². The van der Waals surface area contributed by atoms with Crippen molar-refractivity contribution in [2.45, 2.75) is 12.5 Å². The van der Waals surface area contributed by atoms with E-state index in [4.69, 9.17) is 4.74 Å². The molecule has 1 amide bonds. The van der Waals surface area contributed by atoms with E-state index < -0.39 is 0 Å². The molecule has 0 saturated carbocycles. The lowest BCUT2D eigenvalue weighted by atomic mass is 10.1. The van der Waals surface area contributed by atoms with Crippen LogP contribution in [0.1, 0.15) is 28.4 Å². The van der Waals surface area contributed by atoms with Crippen LogP contribution in [0.5, 0.6) is 0 Å². The van der Waals surface area contributed by atoms with E-state index in [0.29, 0.717) is 25.3 Å². The van der Waals surface area contributed by atoms with E-state index in [1.165, 1.54) is 5.56 Å². The van der Waals surface area contributed by atoms with Gasteiger partial charge in [-0.15, -0.1) is 5.10 Å². The number of nitrogens with zero attached hydrogens (tertiary/aromatic N) is 4. The summed E-state index contributed by atoms with van der Waals surface area (Å²) in [5.41, 5.74) is 2.72. The smallest absolute Gasteiger partial charge is 0.253 e. The lowest BCUT2D eigenvalue weighted by Gasteiger charge is -2.20. The standard InChI is InChI=1S/C20H20N4O2/c25-20(17-6-8-18(9-7-17)24-13-11-21-22-24)23-12-10-19(26-15-14-23)16-4-2-1-3-5-16/h1-9,11,13,19H,10,12,14-15H2. The first-order chi connectivity index (χ1) is 12.8. The third kappa shape index (κ3) is 3.50. The van der Waals surface area contributed by atoms with Crippen molar-refractivity contribution in [3.05, 3.63) is 78.1 Å². The molecule has 1 fully saturated rings. The van der Waals surface area contributed by atoms with Crippen LogP contribution in [0.2, 0.25) is 0 Å². The fraction of sp³-hybridized carbons (Fsp3) is 0.250. The molecular weight excluding hydrogens is 328 g/mol. The lowest BCUT2D eigenvalue weighted by Crippen LogP contribution is -2.33. The maximum absolute atomic E-state index is 12.8. The molecule has 2 aromatic carbocycles. The van der Waals surface area contributed by atoms with Crippen molar-refractivity contribution in [2.24, 2.45) is 0 Å². The molecule has 0 aliphatic carbocycles. The van der Waals surface area contributed by atoms with Crippen molar-refractivity contribution in [1.82, 2.24) is 19.9 Å². The molecule has 1 aromatic heterocycles. The number of amides is 1. The van der Waals surface area contributed by atoms with Gasteiger partial charge in [0.2, 0.25) is 0 Å². The quantitative estimate of drug-likeness (QED) is 0.730. The molecule has 0 bridgehead atoms. The van der Waals surface area contributed by atoms with Gasteiger partial charge in [-0.2, -0.15) is 0 Å². The summed E-state index contributed by atoms with van der Waals surface area (Å²) in [5.74, 6) is 0.0347. The number of rotatable bonds is 3. The predicted octanol–water partition coefficient (Wildman–Crippen LogP) is 2.87. The summed E-state index contributed by atoms with van der Waals surface area (Å²) in [4.78, 5) is 14.7. The molecule has 1 aliphatic rings. The molecule has 6 heteroatoms. The van der Waals surface area contributed by atoms with Gasteiger partial charge in [-0.25, -0.2) is 4.68 Å². The lowest BCUT2D eigenvalue weighted by molar-refractivity contribution is 0.0585.